The molecule has 10 heteroatoms. The fraction of sp³-hybridized carbons (Fsp3) is 0.105. The van der Waals surface area contributed by atoms with Crippen LogP contribution in [0.3, 0.4) is 0 Å². The molecule has 0 amide bonds. The third kappa shape index (κ3) is 3.09. The van der Waals surface area contributed by atoms with Gasteiger partial charge in [0.1, 0.15) is 6.61 Å². The lowest BCUT2D eigenvalue weighted by Crippen LogP contribution is -2.22. The zero-order valence-corrected chi connectivity index (χ0v) is 16.0. The Balaban J connectivity index is 1.51. The van der Waals surface area contributed by atoms with Gasteiger partial charge in [-0.25, -0.2) is 9.38 Å². The Morgan fingerprint density at radius 1 is 1.21 bits per heavy atom. The van der Waals surface area contributed by atoms with E-state index in [1.807, 2.05) is 36.4 Å². The predicted molar refractivity (Wildman–Crippen MR) is 106 cm³/mol. The van der Waals surface area contributed by atoms with Gasteiger partial charge in [-0.05, 0) is 35.9 Å². The number of imidazole rings is 1. The maximum atomic E-state index is 12.9. The van der Waals surface area contributed by atoms with Crippen LogP contribution in [-0.4, -0.2) is 32.0 Å². The second-order valence-corrected chi connectivity index (χ2v) is 7.14. The third-order valence-corrected chi connectivity index (χ3v) is 5.32. The molecule has 144 valence electrons. The number of thiazole rings is 1. The fourth-order valence-corrected chi connectivity index (χ4v) is 4.01. The van der Waals surface area contributed by atoms with Crippen molar-refractivity contribution in [2.45, 2.75) is 6.61 Å². The van der Waals surface area contributed by atoms with Crippen LogP contribution in [0.25, 0.3) is 22.1 Å². The minimum atomic E-state index is -0.0913. The number of tetrazole rings is 1. The second kappa shape index (κ2) is 6.99. The SMILES string of the molecule is COc1cc(/C=c2/sc3nc4ccccc4n3c2=O)ccc1OCc1nnn[n-]1. The molecule has 3 aromatic heterocycles. The summed E-state index contributed by atoms with van der Waals surface area (Å²) in [6, 6.07) is 13.0. The molecule has 0 aliphatic carbocycles. The van der Waals surface area contributed by atoms with E-state index in [2.05, 4.69) is 25.6 Å². The largest absolute Gasteiger partial charge is 0.493 e. The number of methoxy groups -OCH3 is 1. The average molecular weight is 405 g/mol. The van der Waals surface area contributed by atoms with Crippen LogP contribution >= 0.6 is 11.3 Å². The van der Waals surface area contributed by atoms with Gasteiger partial charge in [0.2, 0.25) is 0 Å². The van der Waals surface area contributed by atoms with E-state index in [0.29, 0.717) is 26.8 Å². The Labute approximate surface area is 167 Å². The van der Waals surface area contributed by atoms with E-state index >= 15 is 0 Å². The smallest absolute Gasteiger partial charge is 0.274 e. The molecular formula is C19H13N6O3S-. The topological polar surface area (TPSA) is 106 Å². The first-order valence-corrected chi connectivity index (χ1v) is 9.45. The molecule has 29 heavy (non-hydrogen) atoms. The Morgan fingerprint density at radius 3 is 2.93 bits per heavy atom. The Morgan fingerprint density at radius 2 is 2.10 bits per heavy atom. The minimum Gasteiger partial charge on any atom is -0.493 e. The molecule has 2 aromatic carbocycles. The Hall–Kier alpha value is -3.79. The summed E-state index contributed by atoms with van der Waals surface area (Å²) < 4.78 is 13.3. The maximum absolute atomic E-state index is 12.9. The van der Waals surface area contributed by atoms with Crippen LogP contribution in [0.5, 0.6) is 11.5 Å². The summed E-state index contributed by atoms with van der Waals surface area (Å²) >= 11 is 1.35. The quantitative estimate of drug-likeness (QED) is 0.429. The van der Waals surface area contributed by atoms with Gasteiger partial charge in [0.15, 0.2) is 16.5 Å². The van der Waals surface area contributed by atoms with E-state index in [0.717, 1.165) is 16.6 Å². The number of benzene rings is 2. The number of hydrogen-bond acceptors (Lipinski definition) is 8. The lowest BCUT2D eigenvalue weighted by molar-refractivity contribution is 0.276. The van der Waals surface area contributed by atoms with Crippen LogP contribution in [0.4, 0.5) is 0 Å². The van der Waals surface area contributed by atoms with Crippen molar-refractivity contribution in [1.82, 2.24) is 30.0 Å². The number of rotatable bonds is 5. The number of aromatic nitrogens is 6. The molecule has 0 saturated carbocycles. The van der Waals surface area contributed by atoms with E-state index in [1.165, 1.54) is 11.3 Å². The molecule has 0 fully saturated rings. The summed E-state index contributed by atoms with van der Waals surface area (Å²) in [5.41, 5.74) is 2.34. The molecule has 9 nitrogen and oxygen atoms in total. The molecular weight excluding hydrogens is 392 g/mol. The molecule has 0 bridgehead atoms. The highest BCUT2D eigenvalue weighted by molar-refractivity contribution is 7.15. The lowest BCUT2D eigenvalue weighted by Gasteiger charge is -2.11. The van der Waals surface area contributed by atoms with Crippen LogP contribution in [0, 0.1) is 0 Å². The second-order valence-electron chi connectivity index (χ2n) is 6.13. The fourth-order valence-electron chi connectivity index (χ4n) is 3.02. The monoisotopic (exact) mass is 405 g/mol. The molecule has 0 unspecified atom stereocenters. The first kappa shape index (κ1) is 17.3. The van der Waals surface area contributed by atoms with Crippen LogP contribution in [-0.2, 0) is 6.61 Å². The third-order valence-electron chi connectivity index (χ3n) is 4.35. The van der Waals surface area contributed by atoms with E-state index in [1.54, 1.807) is 23.6 Å². The first-order valence-electron chi connectivity index (χ1n) is 8.63. The van der Waals surface area contributed by atoms with Crippen molar-refractivity contribution >= 4 is 33.4 Å². The van der Waals surface area contributed by atoms with Gasteiger partial charge >= 0.3 is 0 Å². The summed E-state index contributed by atoms with van der Waals surface area (Å²) in [5.74, 6) is 1.45. The van der Waals surface area contributed by atoms with Gasteiger partial charge < -0.3 is 14.6 Å². The molecule has 0 spiro atoms. The summed E-state index contributed by atoms with van der Waals surface area (Å²) in [6.45, 7) is 0.131. The van der Waals surface area contributed by atoms with Gasteiger partial charge in [-0.3, -0.25) is 15.1 Å². The lowest BCUT2D eigenvalue weighted by atomic mass is 10.2. The van der Waals surface area contributed by atoms with Crippen molar-refractivity contribution in [3.05, 3.63) is 68.7 Å². The van der Waals surface area contributed by atoms with Crippen molar-refractivity contribution in [3.8, 4) is 11.5 Å². The van der Waals surface area contributed by atoms with Gasteiger partial charge in [-0.15, -0.1) is 0 Å². The van der Waals surface area contributed by atoms with Gasteiger partial charge in [-0.1, -0.05) is 29.5 Å². The zero-order chi connectivity index (χ0) is 19.8. The summed E-state index contributed by atoms with van der Waals surface area (Å²) in [6.07, 6.45) is 1.82. The van der Waals surface area contributed by atoms with Crippen LogP contribution in [0.15, 0.2) is 47.3 Å². The molecule has 5 rings (SSSR count). The standard InChI is InChI=1S/C19H13N6O3S/c1-27-15-8-11(6-7-14(15)28-10-17-21-23-24-22-17)9-16-18(26)25-13-5-3-2-4-12(13)20-19(25)29-16/h2-9H,10H2,1H3/q-1/b16-9+. The average Bonchev–Trinajstić information content (AvgIpc) is 3.45. The van der Waals surface area contributed by atoms with Gasteiger partial charge in [0.05, 0.1) is 22.7 Å². The summed E-state index contributed by atoms with van der Waals surface area (Å²) in [4.78, 5) is 18.1. The van der Waals surface area contributed by atoms with Crippen molar-refractivity contribution in [2.24, 2.45) is 0 Å². The molecule has 0 radical (unpaired) electrons. The highest BCUT2D eigenvalue weighted by atomic mass is 32.1. The number of fused-ring (bicyclic) bond motifs is 3. The minimum absolute atomic E-state index is 0.0913. The van der Waals surface area contributed by atoms with E-state index < -0.39 is 0 Å². The van der Waals surface area contributed by atoms with Gasteiger partial charge in [0, 0.05) is 5.82 Å². The highest BCUT2D eigenvalue weighted by Gasteiger charge is 2.11. The number of para-hydroxylation sites is 2. The van der Waals surface area contributed by atoms with Crippen molar-refractivity contribution in [3.63, 3.8) is 0 Å². The number of nitrogens with zero attached hydrogens (tertiary/aromatic N) is 6. The van der Waals surface area contributed by atoms with E-state index in [4.69, 9.17) is 9.47 Å². The normalized spacial score (nSPS) is 12.1. The van der Waals surface area contributed by atoms with Gasteiger partial charge in [-0.2, -0.15) is 5.21 Å². The number of ether oxygens (including phenoxy) is 2. The zero-order valence-electron chi connectivity index (χ0n) is 15.1. The Bertz CT molecular complexity index is 1420. The molecule has 3 heterocycles. The van der Waals surface area contributed by atoms with Crippen molar-refractivity contribution in [2.75, 3.05) is 7.11 Å². The summed E-state index contributed by atoms with van der Waals surface area (Å²) in [7, 11) is 1.55. The van der Waals surface area contributed by atoms with Gasteiger partial charge in [0.25, 0.3) is 5.56 Å². The first-order chi connectivity index (χ1) is 14.2. The molecule has 0 N–H and O–H groups in total. The molecule has 0 saturated heterocycles. The van der Waals surface area contributed by atoms with E-state index in [-0.39, 0.29) is 12.2 Å². The van der Waals surface area contributed by atoms with Crippen LogP contribution in [0.2, 0.25) is 0 Å². The molecule has 0 aliphatic rings. The number of hydrogen-bond donors (Lipinski definition) is 0. The summed E-state index contributed by atoms with van der Waals surface area (Å²) in [5, 5.41) is 14.3. The predicted octanol–water partition coefficient (Wildman–Crippen LogP) is 1.19. The van der Waals surface area contributed by atoms with Crippen LogP contribution in [0.1, 0.15) is 11.4 Å². The van der Waals surface area contributed by atoms with Crippen molar-refractivity contribution < 1.29 is 9.47 Å². The van der Waals surface area contributed by atoms with Crippen LogP contribution < -0.4 is 24.7 Å². The molecule has 0 aliphatic heterocycles. The Kier molecular flexibility index (Phi) is 4.17. The highest BCUT2D eigenvalue weighted by Crippen LogP contribution is 2.29. The maximum Gasteiger partial charge on any atom is 0.274 e. The molecule has 5 aromatic rings. The van der Waals surface area contributed by atoms with Crippen molar-refractivity contribution in [1.29, 1.82) is 0 Å². The molecule has 0 atom stereocenters. The van der Waals surface area contributed by atoms with E-state index in [9.17, 15) is 4.79 Å².